The minimum absolute atomic E-state index is 0.629. The number of nitrogens with zero attached hydrogens (tertiary/aromatic N) is 2. The van der Waals surface area contributed by atoms with Crippen LogP contribution >= 0.6 is 10.7 Å². The fourth-order valence-electron chi connectivity index (χ4n) is 1.00. The van der Waals surface area contributed by atoms with Gasteiger partial charge in [0.1, 0.15) is 6.07 Å². The van der Waals surface area contributed by atoms with Gasteiger partial charge in [0.25, 0.3) is 9.05 Å². The van der Waals surface area contributed by atoms with Crippen LogP contribution in [0.25, 0.3) is 0 Å². The Bertz CT molecular complexity index is 608. The Morgan fingerprint density at radius 2 is 2.06 bits per heavy atom. The van der Waals surface area contributed by atoms with Crippen molar-refractivity contribution in [3.63, 3.8) is 0 Å². The first-order chi connectivity index (χ1) is 7.29. The van der Waals surface area contributed by atoms with E-state index >= 15 is 0 Å². The van der Waals surface area contributed by atoms with E-state index in [1.54, 1.807) is 0 Å². The van der Waals surface area contributed by atoms with Gasteiger partial charge in [0, 0.05) is 10.7 Å². The Morgan fingerprint density at radius 3 is 2.44 bits per heavy atom. The number of hydrogen-bond acceptors (Lipinski definition) is 5. The minimum atomic E-state index is -4.44. The molecule has 0 heterocycles. The maximum atomic E-state index is 13.3. The Hall–Kier alpha value is -1.72. The summed E-state index contributed by atoms with van der Waals surface area (Å²) in [4.78, 5) is 8.27. The minimum Gasteiger partial charge on any atom is -0.258 e. The van der Waals surface area contributed by atoms with Gasteiger partial charge in [0.05, 0.1) is 10.5 Å². The van der Waals surface area contributed by atoms with Crippen molar-refractivity contribution < 1.29 is 17.7 Å². The first-order valence-corrected chi connectivity index (χ1v) is 5.91. The van der Waals surface area contributed by atoms with E-state index in [0.29, 0.717) is 6.07 Å². The van der Waals surface area contributed by atoms with Gasteiger partial charge >= 0.3 is 5.69 Å². The highest BCUT2D eigenvalue weighted by Crippen LogP contribution is 2.30. The van der Waals surface area contributed by atoms with Crippen LogP contribution in [0.4, 0.5) is 10.1 Å². The molecule has 0 amide bonds. The molecule has 0 aliphatic heterocycles. The lowest BCUT2D eigenvalue weighted by Crippen LogP contribution is -2.03. The molecule has 1 aromatic carbocycles. The van der Waals surface area contributed by atoms with Crippen molar-refractivity contribution in [2.24, 2.45) is 0 Å². The van der Waals surface area contributed by atoms with E-state index in [9.17, 15) is 22.9 Å². The van der Waals surface area contributed by atoms with E-state index in [-0.39, 0.29) is 0 Å². The fraction of sp³-hybridized carbons (Fsp3) is 0. The summed E-state index contributed by atoms with van der Waals surface area (Å²) in [7, 11) is 0.449. The lowest BCUT2D eigenvalue weighted by molar-refractivity contribution is -0.390. The van der Waals surface area contributed by atoms with Crippen LogP contribution in [-0.4, -0.2) is 13.3 Å². The standard InChI is InChI=1S/C7H2ClFN2O4S/c8-16(14,15)5-2-1-4(3-10)6(9)7(5)11(12)13/h1-2H. The van der Waals surface area contributed by atoms with Crippen LogP contribution < -0.4 is 0 Å². The summed E-state index contributed by atoms with van der Waals surface area (Å²) in [6, 6.07) is 2.87. The van der Waals surface area contributed by atoms with Crippen molar-refractivity contribution in [1.29, 1.82) is 5.26 Å². The van der Waals surface area contributed by atoms with Crippen molar-refractivity contribution in [2.75, 3.05) is 0 Å². The normalized spacial score (nSPS) is 10.8. The second-order valence-electron chi connectivity index (χ2n) is 2.58. The number of hydrogen-bond donors (Lipinski definition) is 0. The van der Waals surface area contributed by atoms with Crippen molar-refractivity contribution in [1.82, 2.24) is 0 Å². The first-order valence-electron chi connectivity index (χ1n) is 3.60. The average Bonchev–Trinajstić information content (AvgIpc) is 2.15. The Kier molecular flexibility index (Phi) is 3.11. The Morgan fingerprint density at radius 1 is 1.50 bits per heavy atom. The molecule has 84 valence electrons. The van der Waals surface area contributed by atoms with Crippen molar-refractivity contribution in [3.05, 3.63) is 33.6 Å². The van der Waals surface area contributed by atoms with Crippen molar-refractivity contribution in [3.8, 4) is 6.07 Å². The maximum Gasteiger partial charge on any atom is 0.325 e. The van der Waals surface area contributed by atoms with Crippen LogP contribution in [0, 0.1) is 27.3 Å². The summed E-state index contributed by atoms with van der Waals surface area (Å²) in [6.45, 7) is 0. The summed E-state index contributed by atoms with van der Waals surface area (Å²) in [5.74, 6) is -1.52. The number of benzene rings is 1. The summed E-state index contributed by atoms with van der Waals surface area (Å²) < 4.78 is 35.2. The zero-order valence-electron chi connectivity index (χ0n) is 7.35. The van der Waals surface area contributed by atoms with E-state index in [1.807, 2.05) is 0 Å². The average molecular weight is 265 g/mol. The number of rotatable bonds is 2. The third kappa shape index (κ3) is 2.10. The van der Waals surface area contributed by atoms with Gasteiger partial charge < -0.3 is 0 Å². The molecule has 1 aromatic rings. The van der Waals surface area contributed by atoms with Gasteiger partial charge in [-0.05, 0) is 12.1 Å². The molecule has 16 heavy (non-hydrogen) atoms. The molecule has 0 N–H and O–H groups in total. The SMILES string of the molecule is N#Cc1ccc(S(=O)(=O)Cl)c([N+](=O)[O-])c1F. The van der Waals surface area contributed by atoms with Crippen molar-refractivity contribution in [2.45, 2.75) is 4.90 Å². The van der Waals surface area contributed by atoms with Gasteiger partial charge in [0.15, 0.2) is 4.90 Å². The molecule has 0 aromatic heterocycles. The molecule has 1 rings (SSSR count). The highest BCUT2D eigenvalue weighted by Gasteiger charge is 2.30. The van der Waals surface area contributed by atoms with Gasteiger partial charge in [-0.25, -0.2) is 8.42 Å². The molecule has 0 atom stereocenters. The van der Waals surface area contributed by atoms with Gasteiger partial charge in [-0.3, -0.25) is 10.1 Å². The second-order valence-corrected chi connectivity index (χ2v) is 5.11. The maximum absolute atomic E-state index is 13.3. The Labute approximate surface area is 93.4 Å². The van der Waals surface area contributed by atoms with Gasteiger partial charge in [-0.2, -0.15) is 9.65 Å². The predicted molar refractivity (Wildman–Crippen MR) is 50.8 cm³/mol. The molecule has 0 bridgehead atoms. The largest absolute Gasteiger partial charge is 0.325 e. The summed E-state index contributed by atoms with van der Waals surface area (Å²) in [6.07, 6.45) is 0. The first kappa shape index (κ1) is 12.4. The lowest BCUT2D eigenvalue weighted by Gasteiger charge is -2.00. The molecular weight excluding hydrogens is 263 g/mol. The summed E-state index contributed by atoms with van der Waals surface area (Å²) in [5, 5.41) is 18.9. The van der Waals surface area contributed by atoms with Gasteiger partial charge in [-0.15, -0.1) is 0 Å². The van der Waals surface area contributed by atoms with Crippen LogP contribution in [0.1, 0.15) is 5.56 Å². The van der Waals surface area contributed by atoms with Crippen molar-refractivity contribution >= 4 is 25.4 Å². The topological polar surface area (TPSA) is 101 Å². The van der Waals surface area contributed by atoms with E-state index in [4.69, 9.17) is 15.9 Å². The number of nitro benzene ring substituents is 1. The Balaban J connectivity index is 3.76. The van der Waals surface area contributed by atoms with E-state index < -0.39 is 35.9 Å². The molecule has 0 aliphatic carbocycles. The zero-order valence-corrected chi connectivity index (χ0v) is 8.92. The molecule has 0 saturated heterocycles. The molecule has 6 nitrogen and oxygen atoms in total. The fourth-order valence-corrected chi connectivity index (χ4v) is 2.00. The van der Waals surface area contributed by atoms with E-state index in [2.05, 4.69) is 0 Å². The lowest BCUT2D eigenvalue weighted by atomic mass is 10.2. The number of nitro groups is 1. The van der Waals surface area contributed by atoms with Crippen LogP contribution in [0.5, 0.6) is 0 Å². The molecule has 0 aliphatic rings. The van der Waals surface area contributed by atoms with Gasteiger partial charge in [0.2, 0.25) is 5.82 Å². The van der Waals surface area contributed by atoms with Crippen LogP contribution in [0.2, 0.25) is 0 Å². The highest BCUT2D eigenvalue weighted by atomic mass is 35.7. The number of halogens is 2. The van der Waals surface area contributed by atoms with Crippen LogP contribution in [0.3, 0.4) is 0 Å². The smallest absolute Gasteiger partial charge is 0.258 e. The van der Waals surface area contributed by atoms with Crippen LogP contribution in [0.15, 0.2) is 17.0 Å². The molecule has 0 spiro atoms. The second kappa shape index (κ2) is 4.03. The van der Waals surface area contributed by atoms with Gasteiger partial charge in [-0.1, -0.05) is 0 Å². The molecule has 9 heteroatoms. The molecule has 0 radical (unpaired) electrons. The highest BCUT2D eigenvalue weighted by molar-refractivity contribution is 8.13. The van der Waals surface area contributed by atoms with E-state index in [0.717, 1.165) is 6.07 Å². The predicted octanol–water partition coefficient (Wildman–Crippen LogP) is 1.53. The third-order valence-corrected chi connectivity index (χ3v) is 3.00. The molecular formula is C7H2ClFN2O4S. The summed E-state index contributed by atoms with van der Waals surface area (Å²) in [5.41, 5.74) is -1.95. The summed E-state index contributed by atoms with van der Waals surface area (Å²) >= 11 is 0. The van der Waals surface area contributed by atoms with Crippen LogP contribution in [-0.2, 0) is 9.05 Å². The molecule has 0 fully saturated rings. The molecule has 0 saturated carbocycles. The zero-order chi connectivity index (χ0) is 12.5. The van der Waals surface area contributed by atoms with E-state index in [1.165, 1.54) is 6.07 Å². The third-order valence-electron chi connectivity index (χ3n) is 1.64. The monoisotopic (exact) mass is 264 g/mol. The number of nitriles is 1. The molecule has 0 unspecified atom stereocenters. The quantitative estimate of drug-likeness (QED) is 0.458.